The van der Waals surface area contributed by atoms with Crippen molar-refractivity contribution < 1.29 is 18.4 Å². The van der Waals surface area contributed by atoms with E-state index in [1.54, 1.807) is 0 Å². The maximum atomic E-state index is 12.8. The second-order valence-corrected chi connectivity index (χ2v) is 4.05. The molecule has 1 fully saturated rings. The van der Waals surface area contributed by atoms with E-state index >= 15 is 0 Å². The lowest BCUT2D eigenvalue weighted by Crippen LogP contribution is -2.29. The highest BCUT2D eigenvalue weighted by molar-refractivity contribution is 6.17. The molecule has 16 heavy (non-hydrogen) atoms. The van der Waals surface area contributed by atoms with Gasteiger partial charge in [-0.05, 0) is 12.8 Å². The maximum Gasteiger partial charge on any atom is 0.273 e. The molecule has 1 amide bonds. The van der Waals surface area contributed by atoms with Gasteiger partial charge in [0.1, 0.15) is 5.92 Å². The number of oxime groups is 1. The lowest BCUT2D eigenvalue weighted by atomic mass is 9.89. The molecule has 4 nitrogen and oxygen atoms in total. The zero-order valence-corrected chi connectivity index (χ0v) is 8.19. The number of amides is 1. The maximum absolute atomic E-state index is 12.8. The number of hydrogen-bond acceptors (Lipinski definition) is 3. The van der Waals surface area contributed by atoms with E-state index in [2.05, 4.69) is 10.1 Å². The Bertz CT molecular complexity index is 450. The van der Waals surface area contributed by atoms with Gasteiger partial charge in [0.25, 0.3) is 12.3 Å². The molecule has 0 N–H and O–H groups in total. The van der Waals surface area contributed by atoms with Gasteiger partial charge in [-0.25, -0.2) is 8.78 Å². The van der Waals surface area contributed by atoms with Crippen LogP contribution in [-0.4, -0.2) is 23.9 Å². The highest BCUT2D eigenvalue weighted by atomic mass is 19.3. The average Bonchev–Trinajstić information content (AvgIpc) is 2.98. The summed E-state index contributed by atoms with van der Waals surface area (Å²) in [5.41, 5.74) is 0.357. The van der Waals surface area contributed by atoms with Gasteiger partial charge in [0.2, 0.25) is 5.90 Å². The number of rotatable bonds is 2. The van der Waals surface area contributed by atoms with E-state index in [1.165, 1.54) is 0 Å². The monoisotopic (exact) mass is 226 g/mol. The first-order valence-electron chi connectivity index (χ1n) is 5.04. The van der Waals surface area contributed by atoms with Crippen LogP contribution in [0.5, 0.6) is 0 Å². The van der Waals surface area contributed by atoms with Crippen molar-refractivity contribution in [2.24, 2.45) is 22.0 Å². The van der Waals surface area contributed by atoms with Crippen LogP contribution in [0.1, 0.15) is 12.8 Å². The number of nitrogens with zero attached hydrogens (tertiary/aromatic N) is 2. The summed E-state index contributed by atoms with van der Waals surface area (Å²) < 4.78 is 25.6. The Labute approximate surface area is 89.7 Å². The fraction of sp³-hybridized carbons (Fsp3) is 0.500. The van der Waals surface area contributed by atoms with Gasteiger partial charge in [-0.3, -0.25) is 4.79 Å². The van der Waals surface area contributed by atoms with Gasteiger partial charge in [0, 0.05) is 17.6 Å². The van der Waals surface area contributed by atoms with E-state index in [1.807, 2.05) is 0 Å². The van der Waals surface area contributed by atoms with E-state index in [0.717, 1.165) is 18.9 Å². The van der Waals surface area contributed by atoms with Gasteiger partial charge >= 0.3 is 0 Å². The molecule has 1 unspecified atom stereocenters. The van der Waals surface area contributed by atoms with Gasteiger partial charge in [0.15, 0.2) is 0 Å². The molecular weight excluding hydrogens is 218 g/mol. The molecule has 0 bridgehead atoms. The van der Waals surface area contributed by atoms with Crippen molar-refractivity contribution in [1.29, 1.82) is 0 Å². The second-order valence-electron chi connectivity index (χ2n) is 4.05. The average molecular weight is 226 g/mol. The Hall–Kier alpha value is -1.59. The number of fused-ring (bicyclic) bond motifs is 1. The van der Waals surface area contributed by atoms with Crippen molar-refractivity contribution in [2.75, 3.05) is 0 Å². The van der Waals surface area contributed by atoms with Crippen molar-refractivity contribution in [2.45, 2.75) is 19.3 Å². The molecule has 1 atom stereocenters. The van der Waals surface area contributed by atoms with Crippen LogP contribution in [-0.2, 0) is 9.63 Å². The van der Waals surface area contributed by atoms with Crippen LogP contribution in [0.4, 0.5) is 8.78 Å². The Balaban J connectivity index is 1.98. The molecular formula is C10H8F2N2O2. The van der Waals surface area contributed by atoms with Crippen LogP contribution >= 0.6 is 0 Å². The lowest BCUT2D eigenvalue weighted by Gasteiger charge is -2.17. The highest BCUT2D eigenvalue weighted by Crippen LogP contribution is 2.40. The fourth-order valence-electron chi connectivity index (χ4n) is 1.97. The van der Waals surface area contributed by atoms with Crippen LogP contribution in [0.25, 0.3) is 0 Å². The Morgan fingerprint density at radius 2 is 2.19 bits per heavy atom. The standard InChI is InChI=1S/C10H8F2N2O2/c11-9(12)5-3-6(15)13-10-7(5)8(14-16-10)4-1-2-4/h3-4,7,9H,1-2H2. The molecule has 2 aliphatic heterocycles. The van der Waals surface area contributed by atoms with Crippen molar-refractivity contribution in [3.63, 3.8) is 0 Å². The summed E-state index contributed by atoms with van der Waals surface area (Å²) in [5, 5.41) is 3.77. The predicted molar refractivity (Wildman–Crippen MR) is 51.3 cm³/mol. The number of aliphatic imine (C=N–C) groups is 1. The van der Waals surface area contributed by atoms with Crippen LogP contribution < -0.4 is 0 Å². The van der Waals surface area contributed by atoms with Crippen molar-refractivity contribution >= 4 is 17.5 Å². The number of carbonyl (C=O) groups is 1. The summed E-state index contributed by atoms with van der Waals surface area (Å²) in [4.78, 5) is 19.5. The molecule has 6 heteroatoms. The number of alkyl halides is 2. The van der Waals surface area contributed by atoms with Gasteiger partial charge in [0.05, 0.1) is 5.71 Å². The van der Waals surface area contributed by atoms with Crippen LogP contribution in [0.3, 0.4) is 0 Å². The quantitative estimate of drug-likeness (QED) is 0.716. The first-order chi connectivity index (χ1) is 7.66. The summed E-state index contributed by atoms with van der Waals surface area (Å²) in [6.45, 7) is 0. The molecule has 0 aromatic rings. The molecule has 84 valence electrons. The Morgan fingerprint density at radius 1 is 1.44 bits per heavy atom. The number of halogens is 2. The molecule has 1 aliphatic carbocycles. The zero-order valence-electron chi connectivity index (χ0n) is 8.19. The van der Waals surface area contributed by atoms with Crippen LogP contribution in [0.2, 0.25) is 0 Å². The van der Waals surface area contributed by atoms with E-state index in [9.17, 15) is 13.6 Å². The molecule has 0 aromatic heterocycles. The van der Waals surface area contributed by atoms with Gasteiger partial charge < -0.3 is 4.84 Å². The third kappa shape index (κ3) is 1.36. The van der Waals surface area contributed by atoms with E-state index in [-0.39, 0.29) is 17.4 Å². The predicted octanol–water partition coefficient (Wildman–Crippen LogP) is 1.53. The molecule has 0 aromatic carbocycles. The van der Waals surface area contributed by atoms with Gasteiger partial charge in [-0.2, -0.15) is 4.99 Å². The molecule has 2 heterocycles. The van der Waals surface area contributed by atoms with Crippen molar-refractivity contribution in [3.8, 4) is 0 Å². The minimum Gasteiger partial charge on any atom is -0.340 e. The third-order valence-electron chi connectivity index (χ3n) is 2.88. The SMILES string of the molecule is O=C1C=C(C(F)F)C2C(=N1)ON=C2C1CC1. The first-order valence-corrected chi connectivity index (χ1v) is 5.04. The number of dihydropyridines is 1. The Kier molecular flexibility index (Phi) is 1.92. The molecule has 1 saturated carbocycles. The number of carbonyl (C=O) groups excluding carboxylic acids is 1. The molecule has 0 spiro atoms. The van der Waals surface area contributed by atoms with Gasteiger partial charge in [-0.1, -0.05) is 5.16 Å². The second kappa shape index (κ2) is 3.20. The largest absolute Gasteiger partial charge is 0.340 e. The zero-order chi connectivity index (χ0) is 11.3. The van der Waals surface area contributed by atoms with E-state index < -0.39 is 18.3 Å². The minimum absolute atomic E-state index is 0.00435. The first kappa shape index (κ1) is 9.62. The fourth-order valence-corrected chi connectivity index (χ4v) is 1.97. The molecule has 3 aliphatic rings. The molecule has 3 rings (SSSR count). The normalized spacial score (nSPS) is 28.3. The summed E-state index contributed by atoms with van der Waals surface area (Å²) >= 11 is 0. The number of hydrogen-bond donors (Lipinski definition) is 0. The summed E-state index contributed by atoms with van der Waals surface area (Å²) in [5.74, 6) is -1.18. The third-order valence-corrected chi connectivity index (χ3v) is 2.88. The topological polar surface area (TPSA) is 51.0 Å². The van der Waals surface area contributed by atoms with Gasteiger partial charge in [-0.15, -0.1) is 0 Å². The summed E-state index contributed by atoms with van der Waals surface area (Å²) in [7, 11) is 0. The van der Waals surface area contributed by atoms with Crippen molar-refractivity contribution in [1.82, 2.24) is 0 Å². The lowest BCUT2D eigenvalue weighted by molar-refractivity contribution is -0.113. The minimum atomic E-state index is -2.68. The summed E-state index contributed by atoms with van der Waals surface area (Å²) in [6, 6.07) is 0. The van der Waals surface area contributed by atoms with Crippen LogP contribution in [0.15, 0.2) is 21.8 Å². The van der Waals surface area contributed by atoms with E-state index in [0.29, 0.717) is 5.71 Å². The highest BCUT2D eigenvalue weighted by Gasteiger charge is 2.46. The molecule has 0 radical (unpaired) electrons. The Morgan fingerprint density at radius 3 is 2.81 bits per heavy atom. The molecule has 0 saturated heterocycles. The van der Waals surface area contributed by atoms with Crippen molar-refractivity contribution in [3.05, 3.63) is 11.6 Å². The summed E-state index contributed by atoms with van der Waals surface area (Å²) in [6.07, 6.45) is 0.100. The van der Waals surface area contributed by atoms with E-state index in [4.69, 9.17) is 4.84 Å². The smallest absolute Gasteiger partial charge is 0.273 e. The van der Waals surface area contributed by atoms with Crippen LogP contribution in [0, 0.1) is 11.8 Å².